The van der Waals surface area contributed by atoms with E-state index in [0.29, 0.717) is 26.2 Å². The molecule has 0 heterocycles. The van der Waals surface area contributed by atoms with Gasteiger partial charge < -0.3 is 14.4 Å². The fraction of sp³-hybridized carbons (Fsp3) is 0.833. The van der Waals surface area contributed by atoms with E-state index in [1.807, 2.05) is 13.8 Å². The summed E-state index contributed by atoms with van der Waals surface area (Å²) in [6, 6.07) is 0. The van der Waals surface area contributed by atoms with Gasteiger partial charge >= 0.3 is 5.97 Å². The maximum atomic E-state index is 11.9. The van der Waals surface area contributed by atoms with Crippen LogP contribution in [0.5, 0.6) is 0 Å². The van der Waals surface area contributed by atoms with Crippen molar-refractivity contribution < 1.29 is 19.1 Å². The van der Waals surface area contributed by atoms with Gasteiger partial charge in [0.15, 0.2) is 0 Å². The largest absolute Gasteiger partial charge is 0.465 e. The van der Waals surface area contributed by atoms with E-state index < -0.39 is 0 Å². The van der Waals surface area contributed by atoms with Gasteiger partial charge in [0, 0.05) is 20.1 Å². The van der Waals surface area contributed by atoms with E-state index in [4.69, 9.17) is 9.47 Å². The summed E-state index contributed by atoms with van der Waals surface area (Å²) in [7, 11) is 1.56. The van der Waals surface area contributed by atoms with Crippen molar-refractivity contribution >= 4 is 11.9 Å². The minimum Gasteiger partial charge on any atom is -0.465 e. The van der Waals surface area contributed by atoms with Crippen molar-refractivity contribution in [2.24, 2.45) is 5.92 Å². The molecule has 0 N–H and O–H groups in total. The Morgan fingerprint density at radius 2 is 1.94 bits per heavy atom. The molecule has 100 valence electrons. The van der Waals surface area contributed by atoms with Gasteiger partial charge in [-0.05, 0) is 12.8 Å². The zero-order valence-corrected chi connectivity index (χ0v) is 11.2. The lowest BCUT2D eigenvalue weighted by Crippen LogP contribution is -2.39. The summed E-state index contributed by atoms with van der Waals surface area (Å²) in [4.78, 5) is 24.7. The second-order valence-corrected chi connectivity index (χ2v) is 4.21. The van der Waals surface area contributed by atoms with E-state index in [0.717, 1.165) is 0 Å². The highest BCUT2D eigenvalue weighted by molar-refractivity contribution is 5.82. The minimum absolute atomic E-state index is 0.00273. The third-order valence-electron chi connectivity index (χ3n) is 2.13. The highest BCUT2D eigenvalue weighted by Crippen LogP contribution is 2.04. The monoisotopic (exact) mass is 245 g/mol. The van der Waals surface area contributed by atoms with Crippen LogP contribution in [-0.4, -0.2) is 50.2 Å². The molecule has 0 aliphatic rings. The molecule has 5 heteroatoms. The Kier molecular flexibility index (Phi) is 8.40. The second-order valence-electron chi connectivity index (χ2n) is 4.21. The zero-order valence-electron chi connectivity index (χ0n) is 11.2. The Labute approximate surface area is 103 Å². The van der Waals surface area contributed by atoms with Crippen LogP contribution in [-0.2, 0) is 19.1 Å². The first kappa shape index (κ1) is 15.9. The van der Waals surface area contributed by atoms with Crippen molar-refractivity contribution in [3.8, 4) is 0 Å². The highest BCUT2D eigenvalue weighted by atomic mass is 16.5. The Morgan fingerprint density at radius 3 is 2.41 bits per heavy atom. The summed E-state index contributed by atoms with van der Waals surface area (Å²) in [5, 5.41) is 0. The van der Waals surface area contributed by atoms with Crippen LogP contribution in [0.3, 0.4) is 0 Å². The normalized spacial score (nSPS) is 10.4. The van der Waals surface area contributed by atoms with Crippen LogP contribution in [0.4, 0.5) is 0 Å². The molecule has 0 saturated heterocycles. The number of carbonyl (C=O) groups excluding carboxylic acids is 2. The SMILES string of the molecule is CCOC(=O)CN(CCOC)C(=O)CC(C)C. The number of ether oxygens (including phenoxy) is 2. The van der Waals surface area contributed by atoms with Gasteiger partial charge in [-0.1, -0.05) is 13.8 Å². The third-order valence-corrected chi connectivity index (χ3v) is 2.13. The predicted molar refractivity (Wildman–Crippen MR) is 64.5 cm³/mol. The Balaban J connectivity index is 4.30. The van der Waals surface area contributed by atoms with Crippen LogP contribution in [0.25, 0.3) is 0 Å². The standard InChI is InChI=1S/C12H23NO4/c1-5-17-12(15)9-13(6-7-16-4)11(14)8-10(2)3/h10H,5-9H2,1-4H3. The minimum atomic E-state index is -0.374. The maximum Gasteiger partial charge on any atom is 0.325 e. The molecule has 0 atom stereocenters. The molecular formula is C12H23NO4. The van der Waals surface area contributed by atoms with Crippen LogP contribution in [0.2, 0.25) is 0 Å². The topological polar surface area (TPSA) is 55.8 Å². The molecule has 0 aromatic heterocycles. The zero-order chi connectivity index (χ0) is 13.3. The maximum absolute atomic E-state index is 11.9. The summed E-state index contributed by atoms with van der Waals surface area (Å²) in [6.07, 6.45) is 0.434. The van der Waals surface area contributed by atoms with Crippen molar-refractivity contribution in [1.82, 2.24) is 4.90 Å². The Hall–Kier alpha value is -1.10. The quantitative estimate of drug-likeness (QED) is 0.600. The van der Waals surface area contributed by atoms with Gasteiger partial charge in [0.25, 0.3) is 0 Å². The summed E-state index contributed by atoms with van der Waals surface area (Å²) < 4.78 is 9.76. The molecule has 0 saturated carbocycles. The molecular weight excluding hydrogens is 222 g/mol. The summed E-state index contributed by atoms with van der Waals surface area (Å²) >= 11 is 0. The summed E-state index contributed by atoms with van der Waals surface area (Å²) in [5.41, 5.74) is 0. The van der Waals surface area contributed by atoms with Gasteiger partial charge in [0.2, 0.25) is 5.91 Å². The van der Waals surface area contributed by atoms with E-state index in [1.54, 1.807) is 14.0 Å². The molecule has 0 aliphatic heterocycles. The lowest BCUT2D eigenvalue weighted by Gasteiger charge is -2.22. The lowest BCUT2D eigenvalue weighted by molar-refractivity contribution is -0.149. The molecule has 0 aromatic carbocycles. The number of nitrogens with zero attached hydrogens (tertiary/aromatic N) is 1. The van der Waals surface area contributed by atoms with Gasteiger partial charge in [0.05, 0.1) is 13.2 Å². The molecule has 0 fully saturated rings. The van der Waals surface area contributed by atoms with Crippen molar-refractivity contribution in [3.63, 3.8) is 0 Å². The van der Waals surface area contributed by atoms with Crippen molar-refractivity contribution in [2.45, 2.75) is 27.2 Å². The number of carbonyl (C=O) groups is 2. The Bertz CT molecular complexity index is 241. The number of esters is 1. The van der Waals surface area contributed by atoms with E-state index in [1.165, 1.54) is 4.90 Å². The smallest absolute Gasteiger partial charge is 0.325 e. The molecule has 0 aliphatic carbocycles. The molecule has 0 bridgehead atoms. The molecule has 1 amide bonds. The average molecular weight is 245 g/mol. The van der Waals surface area contributed by atoms with Crippen LogP contribution >= 0.6 is 0 Å². The molecule has 17 heavy (non-hydrogen) atoms. The van der Waals surface area contributed by atoms with Crippen molar-refractivity contribution in [2.75, 3.05) is 33.4 Å². The Morgan fingerprint density at radius 1 is 1.29 bits per heavy atom. The van der Waals surface area contributed by atoms with Crippen LogP contribution in [0.1, 0.15) is 27.2 Å². The van der Waals surface area contributed by atoms with E-state index in [2.05, 4.69) is 0 Å². The molecule has 0 rings (SSSR count). The van der Waals surface area contributed by atoms with Crippen LogP contribution in [0, 0.1) is 5.92 Å². The molecule has 0 radical (unpaired) electrons. The van der Waals surface area contributed by atoms with E-state index in [-0.39, 0.29) is 24.3 Å². The summed E-state index contributed by atoms with van der Waals surface area (Å²) in [6.45, 7) is 6.85. The first-order valence-corrected chi connectivity index (χ1v) is 5.93. The van der Waals surface area contributed by atoms with Gasteiger partial charge in [0.1, 0.15) is 6.54 Å². The first-order valence-electron chi connectivity index (χ1n) is 5.93. The van der Waals surface area contributed by atoms with Gasteiger partial charge in [-0.3, -0.25) is 9.59 Å². The molecule has 0 aromatic rings. The number of amides is 1. The fourth-order valence-electron chi connectivity index (χ4n) is 1.33. The van der Waals surface area contributed by atoms with Gasteiger partial charge in [-0.2, -0.15) is 0 Å². The predicted octanol–water partition coefficient (Wildman–Crippen LogP) is 1.07. The van der Waals surface area contributed by atoms with Crippen LogP contribution in [0.15, 0.2) is 0 Å². The van der Waals surface area contributed by atoms with Gasteiger partial charge in [-0.25, -0.2) is 0 Å². The van der Waals surface area contributed by atoms with E-state index >= 15 is 0 Å². The van der Waals surface area contributed by atoms with Crippen LogP contribution < -0.4 is 0 Å². The van der Waals surface area contributed by atoms with Crippen molar-refractivity contribution in [1.29, 1.82) is 0 Å². The number of hydrogen-bond donors (Lipinski definition) is 0. The van der Waals surface area contributed by atoms with Crippen molar-refractivity contribution in [3.05, 3.63) is 0 Å². The fourth-order valence-corrected chi connectivity index (χ4v) is 1.33. The molecule has 0 spiro atoms. The van der Waals surface area contributed by atoms with Gasteiger partial charge in [-0.15, -0.1) is 0 Å². The lowest BCUT2D eigenvalue weighted by atomic mass is 10.1. The molecule has 0 unspecified atom stereocenters. The second kappa shape index (κ2) is 8.98. The number of rotatable bonds is 8. The van der Waals surface area contributed by atoms with E-state index in [9.17, 15) is 9.59 Å². The first-order chi connectivity index (χ1) is 8.01. The number of methoxy groups -OCH3 is 1. The third kappa shape index (κ3) is 7.74. The number of hydrogen-bond acceptors (Lipinski definition) is 4. The summed E-state index contributed by atoms with van der Waals surface area (Å²) in [5.74, 6) is -0.138. The molecule has 5 nitrogen and oxygen atoms in total. The average Bonchev–Trinajstić information content (AvgIpc) is 2.23. The highest BCUT2D eigenvalue weighted by Gasteiger charge is 2.18.